The van der Waals surface area contributed by atoms with E-state index in [-0.39, 0.29) is 17.0 Å². The van der Waals surface area contributed by atoms with E-state index >= 15 is 0 Å². The van der Waals surface area contributed by atoms with Crippen molar-refractivity contribution in [3.05, 3.63) is 52.7 Å². The van der Waals surface area contributed by atoms with Gasteiger partial charge >= 0.3 is 0 Å². The Morgan fingerprint density at radius 2 is 2.17 bits per heavy atom. The lowest BCUT2D eigenvalue weighted by atomic mass is 10.2. The number of ether oxygens (including phenoxy) is 1. The zero-order chi connectivity index (χ0) is 13.1. The van der Waals surface area contributed by atoms with Crippen LogP contribution in [0.4, 0.5) is 10.1 Å². The SMILES string of the molecule is CCOc1cccn(-c2ccc(N)c(F)c2)c1=O. The fraction of sp³-hybridized carbons (Fsp3) is 0.154. The Labute approximate surface area is 103 Å². The van der Waals surface area contributed by atoms with Crippen LogP contribution < -0.4 is 16.0 Å². The number of rotatable bonds is 3. The topological polar surface area (TPSA) is 57.2 Å². The summed E-state index contributed by atoms with van der Waals surface area (Å²) in [5, 5.41) is 0. The van der Waals surface area contributed by atoms with E-state index in [0.29, 0.717) is 12.3 Å². The number of benzene rings is 1. The zero-order valence-electron chi connectivity index (χ0n) is 9.89. The number of nitrogen functional groups attached to an aromatic ring is 1. The molecule has 18 heavy (non-hydrogen) atoms. The Morgan fingerprint density at radius 3 is 2.83 bits per heavy atom. The molecule has 0 saturated carbocycles. The van der Waals surface area contributed by atoms with E-state index in [1.165, 1.54) is 16.7 Å². The highest BCUT2D eigenvalue weighted by Gasteiger charge is 2.07. The molecular weight excluding hydrogens is 235 g/mol. The van der Waals surface area contributed by atoms with E-state index < -0.39 is 5.82 Å². The second-order valence-electron chi connectivity index (χ2n) is 3.69. The number of nitrogens with two attached hydrogens (primary N) is 1. The van der Waals surface area contributed by atoms with Crippen LogP contribution in [-0.4, -0.2) is 11.2 Å². The van der Waals surface area contributed by atoms with Crippen LogP contribution in [0.25, 0.3) is 5.69 Å². The van der Waals surface area contributed by atoms with Gasteiger partial charge in [0.05, 0.1) is 18.0 Å². The fourth-order valence-corrected chi connectivity index (χ4v) is 1.61. The van der Waals surface area contributed by atoms with E-state index in [4.69, 9.17) is 10.5 Å². The molecule has 0 saturated heterocycles. The summed E-state index contributed by atoms with van der Waals surface area (Å²) in [6, 6.07) is 7.46. The van der Waals surface area contributed by atoms with E-state index in [9.17, 15) is 9.18 Å². The van der Waals surface area contributed by atoms with Crippen molar-refractivity contribution in [2.45, 2.75) is 6.92 Å². The lowest BCUT2D eigenvalue weighted by Gasteiger charge is -2.09. The van der Waals surface area contributed by atoms with E-state index in [1.807, 2.05) is 0 Å². The number of nitrogens with zero attached hydrogens (tertiary/aromatic N) is 1. The first-order valence-electron chi connectivity index (χ1n) is 5.53. The molecule has 4 nitrogen and oxygen atoms in total. The summed E-state index contributed by atoms with van der Waals surface area (Å²) in [7, 11) is 0. The monoisotopic (exact) mass is 248 g/mol. The highest BCUT2D eigenvalue weighted by molar-refractivity contribution is 5.47. The molecule has 94 valence electrons. The van der Waals surface area contributed by atoms with Crippen LogP contribution in [0, 0.1) is 5.82 Å². The minimum atomic E-state index is -0.554. The predicted octanol–water partition coefficient (Wildman–Crippen LogP) is 1.96. The average Bonchev–Trinajstić information content (AvgIpc) is 2.36. The van der Waals surface area contributed by atoms with Crippen LogP contribution in [0.1, 0.15) is 6.92 Å². The van der Waals surface area contributed by atoms with Gasteiger partial charge in [0, 0.05) is 12.3 Å². The average molecular weight is 248 g/mol. The van der Waals surface area contributed by atoms with Crippen molar-refractivity contribution in [3.63, 3.8) is 0 Å². The summed E-state index contributed by atoms with van der Waals surface area (Å²) < 4.78 is 19.9. The highest BCUT2D eigenvalue weighted by Crippen LogP contribution is 2.15. The largest absolute Gasteiger partial charge is 0.488 e. The summed E-state index contributed by atoms with van der Waals surface area (Å²) in [5.41, 5.74) is 5.52. The van der Waals surface area contributed by atoms with Crippen LogP contribution in [0.2, 0.25) is 0 Å². The van der Waals surface area contributed by atoms with E-state index in [1.54, 1.807) is 31.3 Å². The van der Waals surface area contributed by atoms with Gasteiger partial charge < -0.3 is 10.5 Å². The molecule has 0 bridgehead atoms. The van der Waals surface area contributed by atoms with Gasteiger partial charge in [-0.05, 0) is 31.2 Å². The fourth-order valence-electron chi connectivity index (χ4n) is 1.61. The van der Waals surface area contributed by atoms with Crippen LogP contribution >= 0.6 is 0 Å². The Morgan fingerprint density at radius 1 is 1.39 bits per heavy atom. The maximum Gasteiger partial charge on any atom is 0.297 e. The number of aromatic nitrogens is 1. The molecule has 0 unspecified atom stereocenters. The molecule has 0 fully saturated rings. The third-order valence-electron chi connectivity index (χ3n) is 2.47. The van der Waals surface area contributed by atoms with Gasteiger partial charge in [-0.15, -0.1) is 0 Å². The van der Waals surface area contributed by atoms with Crippen LogP contribution in [0.3, 0.4) is 0 Å². The van der Waals surface area contributed by atoms with Crippen molar-refractivity contribution in [2.24, 2.45) is 0 Å². The van der Waals surface area contributed by atoms with Gasteiger partial charge in [-0.2, -0.15) is 0 Å². The summed E-state index contributed by atoms with van der Waals surface area (Å²) in [6.07, 6.45) is 1.55. The van der Waals surface area contributed by atoms with Gasteiger partial charge in [-0.25, -0.2) is 4.39 Å². The van der Waals surface area contributed by atoms with Crippen molar-refractivity contribution in [1.29, 1.82) is 0 Å². The lowest BCUT2D eigenvalue weighted by Crippen LogP contribution is -2.19. The van der Waals surface area contributed by atoms with Gasteiger partial charge in [0.25, 0.3) is 5.56 Å². The lowest BCUT2D eigenvalue weighted by molar-refractivity contribution is 0.334. The van der Waals surface area contributed by atoms with E-state index in [0.717, 1.165) is 0 Å². The summed E-state index contributed by atoms with van der Waals surface area (Å²) >= 11 is 0. The zero-order valence-corrected chi connectivity index (χ0v) is 9.89. The number of hydrogen-bond donors (Lipinski definition) is 1. The van der Waals surface area contributed by atoms with Gasteiger partial charge in [0.1, 0.15) is 5.82 Å². The van der Waals surface area contributed by atoms with Crippen molar-refractivity contribution in [3.8, 4) is 11.4 Å². The van der Waals surface area contributed by atoms with Gasteiger partial charge in [0.15, 0.2) is 5.75 Å². The second kappa shape index (κ2) is 4.91. The van der Waals surface area contributed by atoms with Crippen LogP contribution in [0.5, 0.6) is 5.75 Å². The molecule has 0 atom stereocenters. The number of halogens is 1. The molecular formula is C13H13FN2O2. The van der Waals surface area contributed by atoms with Crippen LogP contribution in [0.15, 0.2) is 41.3 Å². The number of pyridine rings is 1. The molecule has 0 aliphatic carbocycles. The van der Waals surface area contributed by atoms with Crippen LogP contribution in [-0.2, 0) is 0 Å². The van der Waals surface area contributed by atoms with Crippen molar-refractivity contribution in [1.82, 2.24) is 4.57 Å². The third kappa shape index (κ3) is 2.20. The smallest absolute Gasteiger partial charge is 0.297 e. The molecule has 0 radical (unpaired) electrons. The first-order valence-corrected chi connectivity index (χ1v) is 5.53. The molecule has 1 aromatic carbocycles. The third-order valence-corrected chi connectivity index (χ3v) is 2.47. The Hall–Kier alpha value is -2.30. The summed E-state index contributed by atoms with van der Waals surface area (Å²) in [4.78, 5) is 12.0. The van der Waals surface area contributed by atoms with Crippen molar-refractivity contribution in [2.75, 3.05) is 12.3 Å². The maximum absolute atomic E-state index is 13.4. The Kier molecular flexibility index (Phi) is 3.32. The summed E-state index contributed by atoms with van der Waals surface area (Å²) in [6.45, 7) is 2.19. The molecule has 5 heteroatoms. The molecule has 1 heterocycles. The standard InChI is InChI=1S/C13H13FN2O2/c1-2-18-12-4-3-7-16(13(12)17)9-5-6-11(15)10(14)8-9/h3-8H,2,15H2,1H3. The molecule has 2 N–H and O–H groups in total. The Bertz CT molecular complexity index is 623. The van der Waals surface area contributed by atoms with Crippen molar-refractivity contribution >= 4 is 5.69 Å². The first-order chi connectivity index (χ1) is 8.63. The predicted molar refractivity (Wildman–Crippen MR) is 67.6 cm³/mol. The molecule has 1 aromatic heterocycles. The number of anilines is 1. The van der Waals surface area contributed by atoms with Gasteiger partial charge in [-0.3, -0.25) is 9.36 Å². The minimum Gasteiger partial charge on any atom is -0.488 e. The van der Waals surface area contributed by atoms with Gasteiger partial charge in [0.2, 0.25) is 0 Å². The molecule has 0 amide bonds. The van der Waals surface area contributed by atoms with Gasteiger partial charge in [-0.1, -0.05) is 0 Å². The van der Waals surface area contributed by atoms with Crippen molar-refractivity contribution < 1.29 is 9.13 Å². The quantitative estimate of drug-likeness (QED) is 0.845. The molecule has 0 spiro atoms. The molecule has 2 aromatic rings. The first kappa shape index (κ1) is 12.2. The molecule has 0 aliphatic heterocycles. The maximum atomic E-state index is 13.4. The molecule has 2 rings (SSSR count). The van der Waals surface area contributed by atoms with E-state index in [2.05, 4.69) is 0 Å². The minimum absolute atomic E-state index is 0.0489. The molecule has 0 aliphatic rings. The second-order valence-corrected chi connectivity index (χ2v) is 3.69. The Balaban J connectivity index is 2.54. The summed E-state index contributed by atoms with van der Waals surface area (Å²) in [5.74, 6) is -0.321. The normalized spacial score (nSPS) is 10.3. The highest BCUT2D eigenvalue weighted by atomic mass is 19.1. The number of hydrogen-bond acceptors (Lipinski definition) is 3.